The molecule has 0 saturated heterocycles. The number of aromatic nitrogens is 1. The molecule has 9 heteroatoms. The molecule has 0 bridgehead atoms. The van der Waals surface area contributed by atoms with E-state index in [1.54, 1.807) is 5.51 Å². The monoisotopic (exact) mass is 307 g/mol. The van der Waals surface area contributed by atoms with E-state index in [1.165, 1.54) is 29.5 Å². The van der Waals surface area contributed by atoms with Crippen LogP contribution in [0.1, 0.15) is 16.1 Å². The molecule has 1 amide bonds. The number of hydrazine groups is 1. The van der Waals surface area contributed by atoms with Crippen LogP contribution in [0.2, 0.25) is 0 Å². The predicted octanol–water partition coefficient (Wildman–Crippen LogP) is 1.31. The molecule has 0 fully saturated rings. The molecule has 2 rings (SSSR count). The second kappa shape index (κ2) is 6.77. The second-order valence-electron chi connectivity index (χ2n) is 4.12. The Morgan fingerprint density at radius 3 is 2.90 bits per heavy atom. The lowest BCUT2D eigenvalue weighted by Gasteiger charge is -2.06. The fourth-order valence-electron chi connectivity index (χ4n) is 1.71. The highest BCUT2D eigenvalue weighted by Crippen LogP contribution is 2.24. The third-order valence-electron chi connectivity index (χ3n) is 2.76. The summed E-state index contributed by atoms with van der Waals surface area (Å²) in [5.74, 6) is 4.81. The Hall–Kier alpha value is -2.52. The third-order valence-corrected chi connectivity index (χ3v) is 3.40. The van der Waals surface area contributed by atoms with Gasteiger partial charge in [0.15, 0.2) is 0 Å². The lowest BCUT2D eigenvalue weighted by atomic mass is 10.1. The lowest BCUT2D eigenvalue weighted by Crippen LogP contribution is -2.26. The standard InChI is InChI=1S/C12H13N5O3S/c13-16-10-2-1-8(5-11(10)17(19)20)12(18)14-4-3-9-6-21-7-15-9/h1-2,5-7,16H,3-4,13H2,(H,14,18). The van der Waals surface area contributed by atoms with Crippen LogP contribution in [0.25, 0.3) is 0 Å². The predicted molar refractivity (Wildman–Crippen MR) is 79.1 cm³/mol. The van der Waals surface area contributed by atoms with Crippen molar-refractivity contribution < 1.29 is 9.72 Å². The molecular formula is C12H13N5O3S. The molecule has 0 aliphatic rings. The van der Waals surface area contributed by atoms with Crippen molar-refractivity contribution in [2.45, 2.75) is 6.42 Å². The van der Waals surface area contributed by atoms with Crippen LogP contribution in [-0.2, 0) is 6.42 Å². The van der Waals surface area contributed by atoms with Crippen molar-refractivity contribution in [3.63, 3.8) is 0 Å². The molecule has 0 unspecified atom stereocenters. The minimum atomic E-state index is -0.596. The summed E-state index contributed by atoms with van der Waals surface area (Å²) in [4.78, 5) is 26.3. The third kappa shape index (κ3) is 3.74. The zero-order chi connectivity index (χ0) is 15.2. The summed E-state index contributed by atoms with van der Waals surface area (Å²) in [5.41, 5.74) is 4.96. The van der Waals surface area contributed by atoms with E-state index in [0.717, 1.165) is 5.69 Å². The molecule has 0 radical (unpaired) electrons. The van der Waals surface area contributed by atoms with Gasteiger partial charge in [-0.05, 0) is 12.1 Å². The van der Waals surface area contributed by atoms with Gasteiger partial charge in [-0.15, -0.1) is 11.3 Å². The number of anilines is 1. The van der Waals surface area contributed by atoms with Gasteiger partial charge in [-0.1, -0.05) is 0 Å². The minimum Gasteiger partial charge on any atom is -0.352 e. The molecule has 0 saturated carbocycles. The van der Waals surface area contributed by atoms with Gasteiger partial charge in [-0.2, -0.15) is 0 Å². The van der Waals surface area contributed by atoms with E-state index in [4.69, 9.17) is 5.84 Å². The first-order chi connectivity index (χ1) is 10.1. The van der Waals surface area contributed by atoms with Gasteiger partial charge in [-0.3, -0.25) is 20.8 Å². The number of thiazole rings is 1. The van der Waals surface area contributed by atoms with Gasteiger partial charge in [0.05, 0.1) is 16.1 Å². The van der Waals surface area contributed by atoms with Gasteiger partial charge in [0.25, 0.3) is 11.6 Å². The number of nitro benzene ring substituents is 1. The van der Waals surface area contributed by atoms with Crippen LogP contribution in [0.15, 0.2) is 29.1 Å². The molecular weight excluding hydrogens is 294 g/mol. The van der Waals surface area contributed by atoms with E-state index in [2.05, 4.69) is 15.7 Å². The first-order valence-electron chi connectivity index (χ1n) is 6.02. The lowest BCUT2D eigenvalue weighted by molar-refractivity contribution is -0.384. The number of nitro groups is 1. The maximum absolute atomic E-state index is 11.9. The maximum Gasteiger partial charge on any atom is 0.294 e. The molecule has 1 aromatic heterocycles. The number of carbonyl (C=O) groups is 1. The number of carbonyl (C=O) groups excluding carboxylic acids is 1. The van der Waals surface area contributed by atoms with Crippen molar-refractivity contribution in [2.24, 2.45) is 5.84 Å². The van der Waals surface area contributed by atoms with E-state index in [9.17, 15) is 14.9 Å². The van der Waals surface area contributed by atoms with Crippen molar-refractivity contribution in [1.82, 2.24) is 10.3 Å². The van der Waals surface area contributed by atoms with E-state index >= 15 is 0 Å². The molecule has 4 N–H and O–H groups in total. The van der Waals surface area contributed by atoms with Crippen LogP contribution in [0.5, 0.6) is 0 Å². The molecule has 0 aliphatic heterocycles. The molecule has 0 atom stereocenters. The average molecular weight is 307 g/mol. The number of amides is 1. The number of nitrogen functional groups attached to an aromatic ring is 1. The molecule has 1 aromatic carbocycles. The zero-order valence-corrected chi connectivity index (χ0v) is 11.7. The number of nitrogens with two attached hydrogens (primary N) is 1. The summed E-state index contributed by atoms with van der Waals surface area (Å²) in [6, 6.07) is 4.06. The van der Waals surface area contributed by atoms with Gasteiger partial charge < -0.3 is 10.7 Å². The minimum absolute atomic E-state index is 0.152. The van der Waals surface area contributed by atoms with E-state index in [-0.39, 0.29) is 22.8 Å². The largest absolute Gasteiger partial charge is 0.352 e. The topological polar surface area (TPSA) is 123 Å². The fourth-order valence-corrected chi connectivity index (χ4v) is 2.31. The fraction of sp³-hybridized carbons (Fsp3) is 0.167. The van der Waals surface area contributed by atoms with Crippen LogP contribution in [0.4, 0.5) is 11.4 Å². The number of hydrogen-bond donors (Lipinski definition) is 3. The summed E-state index contributed by atoms with van der Waals surface area (Å²) >= 11 is 1.49. The number of hydrogen-bond acceptors (Lipinski definition) is 7. The van der Waals surface area contributed by atoms with E-state index < -0.39 is 4.92 Å². The average Bonchev–Trinajstić information content (AvgIpc) is 2.99. The Kier molecular flexibility index (Phi) is 4.80. The summed E-state index contributed by atoms with van der Waals surface area (Å²) in [6.07, 6.45) is 0.611. The quantitative estimate of drug-likeness (QED) is 0.420. The molecule has 110 valence electrons. The number of rotatable bonds is 6. The van der Waals surface area contributed by atoms with Gasteiger partial charge >= 0.3 is 0 Å². The molecule has 21 heavy (non-hydrogen) atoms. The number of nitrogens with one attached hydrogen (secondary N) is 2. The Morgan fingerprint density at radius 2 is 2.29 bits per heavy atom. The van der Waals surface area contributed by atoms with Crippen LogP contribution in [-0.4, -0.2) is 22.4 Å². The molecule has 0 aliphatic carbocycles. The van der Waals surface area contributed by atoms with Gasteiger partial charge in [0, 0.05) is 30.0 Å². The van der Waals surface area contributed by atoms with Gasteiger partial charge in [0.2, 0.25) is 0 Å². The van der Waals surface area contributed by atoms with Crippen molar-refractivity contribution >= 4 is 28.6 Å². The summed E-state index contributed by atoms with van der Waals surface area (Å²) in [5, 5.41) is 15.5. The van der Waals surface area contributed by atoms with Crippen molar-refractivity contribution in [3.8, 4) is 0 Å². The van der Waals surface area contributed by atoms with Crippen LogP contribution in [0, 0.1) is 10.1 Å². The summed E-state index contributed by atoms with van der Waals surface area (Å²) in [6.45, 7) is 0.410. The van der Waals surface area contributed by atoms with Crippen LogP contribution >= 0.6 is 11.3 Å². The molecule has 1 heterocycles. The maximum atomic E-state index is 11.9. The van der Waals surface area contributed by atoms with Crippen molar-refractivity contribution in [3.05, 3.63) is 50.5 Å². The molecule has 0 spiro atoms. The Morgan fingerprint density at radius 1 is 1.48 bits per heavy atom. The van der Waals surface area contributed by atoms with E-state index in [0.29, 0.717) is 13.0 Å². The van der Waals surface area contributed by atoms with Crippen molar-refractivity contribution in [1.29, 1.82) is 0 Å². The highest BCUT2D eigenvalue weighted by Gasteiger charge is 2.16. The molecule has 2 aromatic rings. The highest BCUT2D eigenvalue weighted by molar-refractivity contribution is 7.07. The van der Waals surface area contributed by atoms with E-state index in [1.807, 2.05) is 5.38 Å². The summed E-state index contributed by atoms with van der Waals surface area (Å²) < 4.78 is 0. The SMILES string of the molecule is NNc1ccc(C(=O)NCCc2cscn2)cc1[N+](=O)[O-]. The normalized spacial score (nSPS) is 10.1. The first kappa shape index (κ1) is 14.9. The Balaban J connectivity index is 2.01. The highest BCUT2D eigenvalue weighted by atomic mass is 32.1. The number of benzene rings is 1. The van der Waals surface area contributed by atoms with Gasteiger partial charge in [-0.25, -0.2) is 4.98 Å². The van der Waals surface area contributed by atoms with Gasteiger partial charge in [0.1, 0.15) is 5.69 Å². The second-order valence-corrected chi connectivity index (χ2v) is 4.84. The van der Waals surface area contributed by atoms with Crippen molar-refractivity contribution in [2.75, 3.05) is 12.0 Å². The van der Waals surface area contributed by atoms with Crippen LogP contribution < -0.4 is 16.6 Å². The number of nitrogens with zero attached hydrogens (tertiary/aromatic N) is 2. The first-order valence-corrected chi connectivity index (χ1v) is 6.96. The smallest absolute Gasteiger partial charge is 0.294 e. The summed E-state index contributed by atoms with van der Waals surface area (Å²) in [7, 11) is 0. The van der Waals surface area contributed by atoms with Crippen LogP contribution in [0.3, 0.4) is 0 Å². The Bertz CT molecular complexity index is 644. The molecule has 8 nitrogen and oxygen atoms in total. The Labute approximate surface area is 124 Å². The zero-order valence-electron chi connectivity index (χ0n) is 10.9.